The predicted octanol–water partition coefficient (Wildman–Crippen LogP) is 8.45. The van der Waals surface area contributed by atoms with Crippen LogP contribution in [0.4, 0.5) is 0 Å². The molecule has 5 aliphatic carbocycles. The van der Waals surface area contributed by atoms with Crippen molar-refractivity contribution < 1.29 is 4.74 Å². The number of rotatable bonds is 5. The van der Waals surface area contributed by atoms with Crippen molar-refractivity contribution in [2.75, 3.05) is 0 Å². The fourth-order valence-corrected chi connectivity index (χ4v) is 9.08. The van der Waals surface area contributed by atoms with Gasteiger partial charge in [0, 0.05) is 0 Å². The van der Waals surface area contributed by atoms with E-state index >= 15 is 0 Å². The molecule has 7 atom stereocenters. The summed E-state index contributed by atoms with van der Waals surface area (Å²) in [7, 11) is 0. The van der Waals surface area contributed by atoms with E-state index < -0.39 is 0 Å². The third kappa shape index (κ3) is 2.85. The van der Waals surface area contributed by atoms with Gasteiger partial charge in [-0.15, -0.1) is 0 Å². The Morgan fingerprint density at radius 3 is 2.15 bits per heavy atom. The van der Waals surface area contributed by atoms with Gasteiger partial charge in [0.15, 0.2) is 0 Å². The Bertz CT molecular complexity index is 1230. The smallest absolute Gasteiger partial charge is 0.119 e. The molecule has 172 valence electrons. The second-order valence-corrected chi connectivity index (χ2v) is 12.0. The molecular weight excluding hydrogens is 412 g/mol. The summed E-state index contributed by atoms with van der Waals surface area (Å²) in [6.07, 6.45) is 10.4. The van der Waals surface area contributed by atoms with Crippen LogP contribution < -0.4 is 4.74 Å². The first-order chi connectivity index (χ1) is 16.8. The highest BCUT2D eigenvalue weighted by atomic mass is 16.5. The van der Waals surface area contributed by atoms with E-state index in [4.69, 9.17) is 4.74 Å². The number of benzene rings is 3. The Labute approximate surface area is 203 Å². The molecule has 5 aliphatic rings. The normalized spacial score (nSPS) is 34.1. The maximum Gasteiger partial charge on any atom is 0.119 e. The van der Waals surface area contributed by atoms with Crippen molar-refractivity contribution >= 4 is 0 Å². The monoisotopic (exact) mass is 446 g/mol. The van der Waals surface area contributed by atoms with E-state index in [1.165, 1.54) is 61.6 Å². The highest BCUT2D eigenvalue weighted by Gasteiger charge is 2.58. The summed E-state index contributed by atoms with van der Waals surface area (Å²) in [6, 6.07) is 24.5. The molecule has 0 aromatic heterocycles. The zero-order chi connectivity index (χ0) is 22.2. The lowest BCUT2D eigenvalue weighted by atomic mass is 9.57. The van der Waals surface area contributed by atoms with Gasteiger partial charge in [-0.2, -0.15) is 0 Å². The Balaban J connectivity index is 1.13. The molecule has 4 saturated carbocycles. The third-order valence-corrected chi connectivity index (χ3v) is 10.5. The molecule has 4 fully saturated rings. The first kappa shape index (κ1) is 19.7. The predicted molar refractivity (Wildman–Crippen MR) is 137 cm³/mol. The molecule has 4 bridgehead atoms. The Morgan fingerprint density at radius 2 is 1.41 bits per heavy atom. The topological polar surface area (TPSA) is 9.23 Å². The van der Waals surface area contributed by atoms with Gasteiger partial charge in [0.1, 0.15) is 12.4 Å². The van der Waals surface area contributed by atoms with Crippen molar-refractivity contribution in [3.63, 3.8) is 0 Å². The fourth-order valence-electron chi connectivity index (χ4n) is 9.08. The van der Waals surface area contributed by atoms with Crippen LogP contribution >= 0.6 is 0 Å². The van der Waals surface area contributed by atoms with Crippen LogP contribution in [0.5, 0.6) is 5.75 Å². The maximum absolute atomic E-state index is 6.08. The van der Waals surface area contributed by atoms with Crippen LogP contribution in [0, 0.1) is 23.7 Å². The van der Waals surface area contributed by atoms with E-state index in [1.54, 1.807) is 11.1 Å². The summed E-state index contributed by atoms with van der Waals surface area (Å²) >= 11 is 0. The van der Waals surface area contributed by atoms with Gasteiger partial charge in [-0.1, -0.05) is 61.0 Å². The highest BCUT2D eigenvalue weighted by Crippen LogP contribution is 2.71. The summed E-state index contributed by atoms with van der Waals surface area (Å²) in [4.78, 5) is 0. The van der Waals surface area contributed by atoms with Gasteiger partial charge < -0.3 is 4.74 Å². The minimum absolute atomic E-state index is 0.626. The van der Waals surface area contributed by atoms with Crippen molar-refractivity contribution in [2.45, 2.75) is 69.3 Å². The van der Waals surface area contributed by atoms with Crippen molar-refractivity contribution in [1.82, 2.24) is 0 Å². The molecule has 0 aliphatic heterocycles. The van der Waals surface area contributed by atoms with Crippen LogP contribution in [-0.2, 0) is 6.61 Å². The van der Waals surface area contributed by atoms with Crippen molar-refractivity contribution in [3.05, 3.63) is 89.0 Å². The highest BCUT2D eigenvalue weighted by molar-refractivity contribution is 5.76. The summed E-state index contributed by atoms with van der Waals surface area (Å²) in [5, 5.41) is 0. The second kappa shape index (κ2) is 7.48. The van der Waals surface area contributed by atoms with Crippen LogP contribution in [0.25, 0.3) is 11.1 Å². The number of hydrogen-bond donors (Lipinski definition) is 0. The van der Waals surface area contributed by atoms with E-state index in [2.05, 4.69) is 66.7 Å². The SMILES string of the molecule is c1ccc(COc2ccc(-c3ccc(C4CC5CCC4C5)c4c3C3C5CCC(C5)C43)cc2)cc1. The number of ether oxygens (including phenoxy) is 1. The second-order valence-electron chi connectivity index (χ2n) is 12.0. The van der Waals surface area contributed by atoms with Crippen molar-refractivity contribution in [1.29, 1.82) is 0 Å². The van der Waals surface area contributed by atoms with E-state index in [9.17, 15) is 0 Å². The van der Waals surface area contributed by atoms with Gasteiger partial charge in [-0.05, 0) is 125 Å². The lowest BCUT2D eigenvalue weighted by Crippen LogP contribution is -2.33. The van der Waals surface area contributed by atoms with Crippen LogP contribution in [0.15, 0.2) is 66.7 Å². The molecular formula is C33H34O. The summed E-state index contributed by atoms with van der Waals surface area (Å²) < 4.78 is 6.08. The van der Waals surface area contributed by atoms with Gasteiger partial charge in [-0.25, -0.2) is 0 Å². The maximum atomic E-state index is 6.08. The fraction of sp³-hybridized carbons (Fsp3) is 0.455. The molecule has 0 N–H and O–H groups in total. The molecule has 7 unspecified atom stereocenters. The zero-order valence-corrected chi connectivity index (χ0v) is 20.0. The van der Waals surface area contributed by atoms with E-state index in [-0.39, 0.29) is 0 Å². The van der Waals surface area contributed by atoms with Crippen molar-refractivity contribution in [2.24, 2.45) is 23.7 Å². The Kier molecular flexibility index (Phi) is 4.34. The van der Waals surface area contributed by atoms with Crippen LogP contribution in [0.2, 0.25) is 0 Å². The van der Waals surface area contributed by atoms with E-state index in [0.717, 1.165) is 47.2 Å². The minimum atomic E-state index is 0.626. The molecule has 0 spiro atoms. The first-order valence-electron chi connectivity index (χ1n) is 13.8. The minimum Gasteiger partial charge on any atom is -0.489 e. The van der Waals surface area contributed by atoms with Crippen LogP contribution in [0.3, 0.4) is 0 Å². The van der Waals surface area contributed by atoms with E-state index in [1.807, 2.05) is 5.56 Å². The molecule has 1 nitrogen and oxygen atoms in total. The summed E-state index contributed by atoms with van der Waals surface area (Å²) in [6.45, 7) is 0.626. The lowest BCUT2D eigenvalue weighted by molar-refractivity contribution is 0.306. The lowest BCUT2D eigenvalue weighted by Gasteiger charge is -2.47. The Hall–Kier alpha value is -2.54. The Morgan fingerprint density at radius 1 is 0.647 bits per heavy atom. The van der Waals surface area contributed by atoms with Gasteiger partial charge in [0.2, 0.25) is 0 Å². The molecule has 3 aromatic rings. The van der Waals surface area contributed by atoms with Crippen LogP contribution in [-0.4, -0.2) is 0 Å². The molecule has 34 heavy (non-hydrogen) atoms. The molecule has 8 rings (SSSR count). The van der Waals surface area contributed by atoms with Crippen molar-refractivity contribution in [3.8, 4) is 16.9 Å². The van der Waals surface area contributed by atoms with Gasteiger partial charge >= 0.3 is 0 Å². The molecule has 0 saturated heterocycles. The number of fused-ring (bicyclic) bond motifs is 10. The summed E-state index contributed by atoms with van der Waals surface area (Å²) in [5.41, 5.74) is 9.48. The molecule has 0 amide bonds. The standard InChI is InChI=1S/C33H34O/c1-2-4-20(5-3-1)19-34-26-12-10-22(11-13-26)27-14-15-28(29-17-21-6-7-23(29)16-21)33-31-25-9-8-24(18-25)30(31)32(27)33/h1-5,10-15,21,23-25,29-31H,6-9,16-19H2. The average molecular weight is 447 g/mol. The first-order valence-corrected chi connectivity index (χ1v) is 13.8. The summed E-state index contributed by atoms with van der Waals surface area (Å²) in [5.74, 6) is 7.46. The largest absolute Gasteiger partial charge is 0.489 e. The van der Waals surface area contributed by atoms with Crippen LogP contribution in [0.1, 0.15) is 85.0 Å². The molecule has 0 heterocycles. The van der Waals surface area contributed by atoms with Gasteiger partial charge in [0.05, 0.1) is 0 Å². The number of hydrogen-bond acceptors (Lipinski definition) is 1. The molecule has 1 heteroatoms. The zero-order valence-electron chi connectivity index (χ0n) is 20.0. The average Bonchev–Trinajstić information content (AvgIpc) is 3.66. The third-order valence-electron chi connectivity index (χ3n) is 10.5. The molecule has 0 radical (unpaired) electrons. The molecule has 3 aromatic carbocycles. The van der Waals surface area contributed by atoms with Gasteiger partial charge in [0.25, 0.3) is 0 Å². The van der Waals surface area contributed by atoms with E-state index in [0.29, 0.717) is 6.61 Å². The quantitative estimate of drug-likeness (QED) is 0.382. The van der Waals surface area contributed by atoms with Gasteiger partial charge in [-0.3, -0.25) is 0 Å².